The van der Waals surface area contributed by atoms with Gasteiger partial charge in [-0.05, 0) is 53.1 Å². The molecule has 1 aliphatic heterocycles. The molecule has 1 saturated heterocycles. The van der Waals surface area contributed by atoms with E-state index in [2.05, 4.69) is 43.6 Å². The molecule has 2 heteroatoms. The Kier molecular flexibility index (Phi) is 6.53. The highest BCUT2D eigenvalue weighted by Gasteiger charge is 2.19. The minimum absolute atomic E-state index is 0.571. The van der Waals surface area contributed by atoms with Gasteiger partial charge in [-0.1, -0.05) is 17.7 Å². The van der Waals surface area contributed by atoms with Crippen LogP contribution in [0.2, 0.25) is 0 Å². The number of hydrogen-bond donors (Lipinski definition) is 1. The fourth-order valence-electron chi connectivity index (χ4n) is 2.31. The number of likely N-dealkylation sites (tertiary alicyclic amines) is 1. The zero-order valence-corrected chi connectivity index (χ0v) is 11.7. The van der Waals surface area contributed by atoms with Crippen molar-refractivity contribution >= 4 is 0 Å². The summed E-state index contributed by atoms with van der Waals surface area (Å²) in [6, 6.07) is 1.27. The fraction of sp³-hybridized carbons (Fsp3) is 0.733. The molecule has 2 nitrogen and oxygen atoms in total. The third kappa shape index (κ3) is 6.04. The molecule has 1 N–H and O–H groups in total. The van der Waals surface area contributed by atoms with E-state index in [0.717, 1.165) is 13.0 Å². The van der Waals surface area contributed by atoms with Crippen LogP contribution in [0.1, 0.15) is 40.0 Å². The van der Waals surface area contributed by atoms with Crippen molar-refractivity contribution in [2.24, 2.45) is 0 Å². The molecule has 0 bridgehead atoms. The molecule has 0 aromatic rings. The summed E-state index contributed by atoms with van der Waals surface area (Å²) >= 11 is 0. The smallest absolute Gasteiger partial charge is 0.0165 e. The van der Waals surface area contributed by atoms with Gasteiger partial charge in [0.05, 0.1) is 0 Å². The largest absolute Gasteiger partial charge is 0.311 e. The van der Waals surface area contributed by atoms with E-state index in [1.807, 2.05) is 6.08 Å². The van der Waals surface area contributed by atoms with Crippen LogP contribution in [-0.2, 0) is 0 Å². The van der Waals surface area contributed by atoms with E-state index in [-0.39, 0.29) is 0 Å². The summed E-state index contributed by atoms with van der Waals surface area (Å²) in [5.41, 5.74) is 1.42. The van der Waals surface area contributed by atoms with Crippen LogP contribution in [0.4, 0.5) is 0 Å². The van der Waals surface area contributed by atoms with Gasteiger partial charge in [0.2, 0.25) is 0 Å². The Balaban J connectivity index is 2.21. The second-order valence-electron chi connectivity index (χ2n) is 5.45. The normalized spacial score (nSPS) is 19.9. The number of allylic oxidation sites excluding steroid dienone is 1. The molecule has 0 spiro atoms. The van der Waals surface area contributed by atoms with Crippen molar-refractivity contribution in [1.29, 1.82) is 0 Å². The molecule has 1 heterocycles. The molecule has 98 valence electrons. The molecule has 0 radical (unpaired) electrons. The Morgan fingerprint density at radius 3 is 2.59 bits per heavy atom. The van der Waals surface area contributed by atoms with Gasteiger partial charge >= 0.3 is 0 Å². The summed E-state index contributed by atoms with van der Waals surface area (Å²) in [6.45, 7) is 14.0. The van der Waals surface area contributed by atoms with E-state index in [9.17, 15) is 0 Å². The van der Waals surface area contributed by atoms with Crippen LogP contribution in [0.25, 0.3) is 0 Å². The molecule has 1 fully saturated rings. The van der Waals surface area contributed by atoms with E-state index in [1.54, 1.807) is 0 Å². The van der Waals surface area contributed by atoms with Crippen molar-refractivity contribution in [3.63, 3.8) is 0 Å². The first kappa shape index (κ1) is 14.5. The summed E-state index contributed by atoms with van der Waals surface area (Å²) in [5, 5.41) is 3.69. The number of rotatable bonds is 6. The molecule has 17 heavy (non-hydrogen) atoms. The molecule has 0 aromatic heterocycles. The molecule has 0 aromatic carbocycles. The van der Waals surface area contributed by atoms with Gasteiger partial charge in [-0.3, -0.25) is 4.90 Å². The maximum Gasteiger partial charge on any atom is 0.0165 e. The highest BCUT2D eigenvalue weighted by atomic mass is 15.1. The highest BCUT2D eigenvalue weighted by molar-refractivity contribution is 4.95. The SMILES string of the molecule is C=CCC(C)NC1CCN(CC=C(C)C)CC1. The van der Waals surface area contributed by atoms with E-state index in [1.165, 1.54) is 31.5 Å². The van der Waals surface area contributed by atoms with Gasteiger partial charge in [-0.2, -0.15) is 0 Å². The van der Waals surface area contributed by atoms with E-state index >= 15 is 0 Å². The number of nitrogens with one attached hydrogen (secondary N) is 1. The van der Waals surface area contributed by atoms with Crippen LogP contribution in [0.15, 0.2) is 24.3 Å². The second-order valence-corrected chi connectivity index (χ2v) is 5.45. The highest BCUT2D eigenvalue weighted by Crippen LogP contribution is 2.11. The molecule has 1 rings (SSSR count). The quantitative estimate of drug-likeness (QED) is 0.713. The minimum atomic E-state index is 0.571. The lowest BCUT2D eigenvalue weighted by atomic mass is 10.0. The Bertz CT molecular complexity index is 246. The number of piperidine rings is 1. The maximum absolute atomic E-state index is 3.79. The lowest BCUT2D eigenvalue weighted by molar-refractivity contribution is 0.208. The summed E-state index contributed by atoms with van der Waals surface area (Å²) < 4.78 is 0. The molecule has 1 unspecified atom stereocenters. The monoisotopic (exact) mass is 236 g/mol. The Morgan fingerprint density at radius 2 is 2.06 bits per heavy atom. The van der Waals surface area contributed by atoms with Crippen molar-refractivity contribution in [2.45, 2.75) is 52.1 Å². The predicted molar refractivity (Wildman–Crippen MR) is 76.3 cm³/mol. The van der Waals surface area contributed by atoms with Gasteiger partial charge in [0, 0.05) is 18.6 Å². The lowest BCUT2D eigenvalue weighted by Gasteiger charge is -2.33. The van der Waals surface area contributed by atoms with Crippen molar-refractivity contribution in [2.75, 3.05) is 19.6 Å². The molecular formula is C15H28N2. The molecule has 0 saturated carbocycles. The van der Waals surface area contributed by atoms with Gasteiger partial charge in [0.25, 0.3) is 0 Å². The van der Waals surface area contributed by atoms with Crippen LogP contribution in [-0.4, -0.2) is 36.6 Å². The summed E-state index contributed by atoms with van der Waals surface area (Å²) in [4.78, 5) is 2.54. The van der Waals surface area contributed by atoms with E-state index in [0.29, 0.717) is 12.1 Å². The predicted octanol–water partition coefficient (Wildman–Crippen LogP) is 2.97. The van der Waals surface area contributed by atoms with Gasteiger partial charge in [0.15, 0.2) is 0 Å². The van der Waals surface area contributed by atoms with Crippen molar-refractivity contribution in [1.82, 2.24) is 10.2 Å². The summed E-state index contributed by atoms with van der Waals surface area (Å²) in [6.07, 6.45) is 7.95. The molecular weight excluding hydrogens is 208 g/mol. The first-order valence-electron chi connectivity index (χ1n) is 6.84. The van der Waals surface area contributed by atoms with E-state index in [4.69, 9.17) is 0 Å². The Morgan fingerprint density at radius 1 is 1.41 bits per heavy atom. The summed E-state index contributed by atoms with van der Waals surface area (Å²) in [5.74, 6) is 0. The lowest BCUT2D eigenvalue weighted by Crippen LogP contribution is -2.45. The molecule has 0 aliphatic carbocycles. The average Bonchev–Trinajstić information content (AvgIpc) is 2.28. The fourth-order valence-corrected chi connectivity index (χ4v) is 2.31. The van der Waals surface area contributed by atoms with Gasteiger partial charge < -0.3 is 5.32 Å². The third-order valence-electron chi connectivity index (χ3n) is 3.39. The van der Waals surface area contributed by atoms with Crippen LogP contribution >= 0.6 is 0 Å². The third-order valence-corrected chi connectivity index (χ3v) is 3.39. The van der Waals surface area contributed by atoms with Crippen LogP contribution < -0.4 is 5.32 Å². The Hall–Kier alpha value is -0.600. The number of nitrogens with zero attached hydrogens (tertiary/aromatic N) is 1. The topological polar surface area (TPSA) is 15.3 Å². The van der Waals surface area contributed by atoms with Crippen molar-refractivity contribution in [3.05, 3.63) is 24.3 Å². The summed E-state index contributed by atoms with van der Waals surface area (Å²) in [7, 11) is 0. The first-order chi connectivity index (χ1) is 8.11. The molecule has 1 aliphatic rings. The number of hydrogen-bond acceptors (Lipinski definition) is 2. The average molecular weight is 236 g/mol. The van der Waals surface area contributed by atoms with Gasteiger partial charge in [0.1, 0.15) is 0 Å². The molecule has 1 atom stereocenters. The first-order valence-corrected chi connectivity index (χ1v) is 6.84. The van der Waals surface area contributed by atoms with Gasteiger partial charge in [-0.15, -0.1) is 6.58 Å². The zero-order valence-electron chi connectivity index (χ0n) is 11.7. The zero-order chi connectivity index (χ0) is 12.7. The van der Waals surface area contributed by atoms with Crippen LogP contribution in [0, 0.1) is 0 Å². The second kappa shape index (κ2) is 7.67. The van der Waals surface area contributed by atoms with Crippen LogP contribution in [0.3, 0.4) is 0 Å². The van der Waals surface area contributed by atoms with Gasteiger partial charge in [-0.25, -0.2) is 0 Å². The Labute approximate surface area is 107 Å². The molecule has 0 amide bonds. The van der Waals surface area contributed by atoms with Crippen molar-refractivity contribution < 1.29 is 0 Å². The minimum Gasteiger partial charge on any atom is -0.311 e. The van der Waals surface area contributed by atoms with Crippen LogP contribution in [0.5, 0.6) is 0 Å². The van der Waals surface area contributed by atoms with E-state index < -0.39 is 0 Å². The maximum atomic E-state index is 3.79. The standard InChI is InChI=1S/C15H28N2/c1-5-6-14(4)16-15-8-11-17(12-9-15)10-7-13(2)3/h5,7,14-16H,1,6,8-12H2,2-4H3. The van der Waals surface area contributed by atoms with Crippen molar-refractivity contribution in [3.8, 4) is 0 Å².